The first-order valence-electron chi connectivity index (χ1n) is 13.4. The molecule has 1 aromatic carbocycles. The van der Waals surface area contributed by atoms with Crippen LogP contribution >= 0.6 is 24.8 Å². The Morgan fingerprint density at radius 3 is 2.00 bits per heavy atom. The van der Waals surface area contributed by atoms with E-state index >= 15 is 0 Å². The van der Waals surface area contributed by atoms with E-state index in [1.54, 1.807) is 14.2 Å². The lowest BCUT2D eigenvalue weighted by atomic mass is 10.00. The van der Waals surface area contributed by atoms with Crippen LogP contribution in [0.3, 0.4) is 0 Å². The van der Waals surface area contributed by atoms with Gasteiger partial charge in [-0.15, -0.1) is 24.8 Å². The van der Waals surface area contributed by atoms with Crippen LogP contribution in [-0.4, -0.2) is 67.4 Å². The van der Waals surface area contributed by atoms with E-state index in [1.165, 1.54) is 83.7 Å². The standard InChI is InChI=1S/C27H41N5O2.2ClH/c1-33-24-18-22-23(19-25(24)34-2)29-27(30-26(22)28-20-10-6-3-4-7-11-20)32-16-12-21(13-17-32)31-14-8-5-9-15-31;;/h18-21H,3-17H2,1-2H3,(H,28,29,30);2*1H. The third-order valence-electron chi connectivity index (χ3n) is 8.04. The summed E-state index contributed by atoms with van der Waals surface area (Å²) < 4.78 is 11.2. The minimum Gasteiger partial charge on any atom is -0.493 e. The van der Waals surface area contributed by atoms with Gasteiger partial charge < -0.3 is 24.6 Å². The van der Waals surface area contributed by atoms with Crippen molar-refractivity contribution in [3.8, 4) is 11.5 Å². The highest BCUT2D eigenvalue weighted by Crippen LogP contribution is 2.36. The Balaban J connectivity index is 0.00000180. The molecule has 1 aliphatic carbocycles. The van der Waals surface area contributed by atoms with E-state index in [9.17, 15) is 0 Å². The first-order chi connectivity index (χ1) is 16.7. The van der Waals surface area contributed by atoms with Gasteiger partial charge in [-0.1, -0.05) is 32.1 Å². The summed E-state index contributed by atoms with van der Waals surface area (Å²) in [5.74, 6) is 3.21. The predicted molar refractivity (Wildman–Crippen MR) is 153 cm³/mol. The molecule has 2 saturated heterocycles. The van der Waals surface area contributed by atoms with E-state index in [1.807, 2.05) is 12.1 Å². The van der Waals surface area contributed by atoms with Gasteiger partial charge in [0, 0.05) is 36.6 Å². The summed E-state index contributed by atoms with van der Waals surface area (Å²) in [6.07, 6.45) is 14.2. The largest absolute Gasteiger partial charge is 0.493 e. The van der Waals surface area contributed by atoms with Crippen LogP contribution in [-0.2, 0) is 0 Å². The molecule has 0 radical (unpaired) electrons. The molecule has 2 aromatic rings. The molecule has 202 valence electrons. The molecule has 5 rings (SSSR count). The number of methoxy groups -OCH3 is 2. The SMILES string of the molecule is COc1cc2nc(N3CCC(N4CCCCC4)CC3)nc(NC3CCCCCC3)c2cc1OC.Cl.Cl. The first-order valence-corrected chi connectivity index (χ1v) is 13.4. The van der Waals surface area contributed by atoms with Crippen LogP contribution in [0.15, 0.2) is 12.1 Å². The second kappa shape index (κ2) is 13.7. The number of rotatable bonds is 6. The number of hydrogen-bond acceptors (Lipinski definition) is 7. The molecule has 7 nitrogen and oxygen atoms in total. The van der Waals surface area contributed by atoms with E-state index in [0.717, 1.165) is 41.5 Å². The van der Waals surface area contributed by atoms with Gasteiger partial charge in [0.05, 0.1) is 19.7 Å². The van der Waals surface area contributed by atoms with Gasteiger partial charge in [-0.2, -0.15) is 4.98 Å². The minimum absolute atomic E-state index is 0. The molecule has 0 unspecified atom stereocenters. The van der Waals surface area contributed by atoms with Gasteiger partial charge in [0.25, 0.3) is 0 Å². The quantitative estimate of drug-likeness (QED) is 0.446. The molecule has 0 spiro atoms. The number of piperidine rings is 2. The smallest absolute Gasteiger partial charge is 0.227 e. The fraction of sp³-hybridized carbons (Fsp3) is 0.704. The van der Waals surface area contributed by atoms with Crippen LogP contribution in [0.4, 0.5) is 11.8 Å². The van der Waals surface area contributed by atoms with Gasteiger partial charge in [-0.25, -0.2) is 4.98 Å². The van der Waals surface area contributed by atoms with Gasteiger partial charge in [0.1, 0.15) is 5.82 Å². The van der Waals surface area contributed by atoms with Crippen molar-refractivity contribution in [1.82, 2.24) is 14.9 Å². The molecule has 2 aliphatic heterocycles. The number of hydrogen-bond donors (Lipinski definition) is 1. The topological polar surface area (TPSA) is 62.8 Å². The zero-order valence-corrected chi connectivity index (χ0v) is 23.5. The Morgan fingerprint density at radius 1 is 0.750 bits per heavy atom. The van der Waals surface area contributed by atoms with Crippen molar-refractivity contribution in [2.75, 3.05) is 50.6 Å². The van der Waals surface area contributed by atoms with Crippen LogP contribution in [0.5, 0.6) is 11.5 Å². The number of anilines is 2. The van der Waals surface area contributed by atoms with E-state index < -0.39 is 0 Å². The van der Waals surface area contributed by atoms with Crippen LogP contribution in [0.1, 0.15) is 70.6 Å². The van der Waals surface area contributed by atoms with E-state index in [4.69, 9.17) is 19.4 Å². The minimum atomic E-state index is 0. The van der Waals surface area contributed by atoms with Crippen molar-refractivity contribution in [2.24, 2.45) is 0 Å². The van der Waals surface area contributed by atoms with E-state index in [-0.39, 0.29) is 24.8 Å². The molecule has 9 heteroatoms. The lowest BCUT2D eigenvalue weighted by Crippen LogP contribution is -2.47. The number of nitrogens with one attached hydrogen (secondary N) is 1. The second-order valence-electron chi connectivity index (χ2n) is 10.2. The van der Waals surface area contributed by atoms with Gasteiger partial charge in [0.2, 0.25) is 5.95 Å². The normalized spacial score (nSPS) is 20.2. The Hall–Kier alpha value is -1.70. The van der Waals surface area contributed by atoms with Crippen LogP contribution in [0, 0.1) is 0 Å². The Bertz CT molecular complexity index is 957. The van der Waals surface area contributed by atoms with Crippen LogP contribution < -0.4 is 19.7 Å². The molecule has 1 aromatic heterocycles. The molecule has 1 N–H and O–H groups in total. The third kappa shape index (κ3) is 6.59. The second-order valence-corrected chi connectivity index (χ2v) is 10.2. The lowest BCUT2D eigenvalue weighted by Gasteiger charge is -2.40. The highest BCUT2D eigenvalue weighted by molar-refractivity contribution is 5.93. The number of likely N-dealkylation sites (tertiary alicyclic amines) is 1. The van der Waals surface area contributed by atoms with Crippen LogP contribution in [0.2, 0.25) is 0 Å². The zero-order chi connectivity index (χ0) is 23.3. The third-order valence-corrected chi connectivity index (χ3v) is 8.04. The molecule has 3 aliphatic rings. The number of nitrogens with zero attached hydrogens (tertiary/aromatic N) is 4. The number of ether oxygens (including phenoxy) is 2. The maximum Gasteiger partial charge on any atom is 0.227 e. The van der Waals surface area contributed by atoms with Crippen molar-refractivity contribution in [2.45, 2.75) is 82.7 Å². The molecule has 1 saturated carbocycles. The number of halogens is 2. The number of fused-ring (bicyclic) bond motifs is 1. The summed E-state index contributed by atoms with van der Waals surface area (Å²) in [5, 5.41) is 4.82. The first kappa shape index (κ1) is 28.9. The average molecular weight is 541 g/mol. The summed E-state index contributed by atoms with van der Waals surface area (Å²) in [5.41, 5.74) is 0.914. The van der Waals surface area contributed by atoms with Gasteiger partial charge in [-0.05, 0) is 57.7 Å². The fourth-order valence-corrected chi connectivity index (χ4v) is 6.03. The number of benzene rings is 1. The molecule has 0 amide bonds. The predicted octanol–water partition coefficient (Wildman–Crippen LogP) is 6.08. The monoisotopic (exact) mass is 539 g/mol. The highest BCUT2D eigenvalue weighted by Gasteiger charge is 2.27. The molecule has 0 atom stereocenters. The van der Waals surface area contributed by atoms with Crippen molar-refractivity contribution in [3.63, 3.8) is 0 Å². The summed E-state index contributed by atoms with van der Waals surface area (Å²) in [7, 11) is 3.37. The highest BCUT2D eigenvalue weighted by atomic mass is 35.5. The summed E-state index contributed by atoms with van der Waals surface area (Å²) in [6, 6.07) is 5.20. The molecular formula is C27H43Cl2N5O2. The summed E-state index contributed by atoms with van der Waals surface area (Å²) in [4.78, 5) is 15.2. The molecule has 3 heterocycles. The Morgan fingerprint density at radius 2 is 1.36 bits per heavy atom. The van der Waals surface area contributed by atoms with Gasteiger partial charge >= 0.3 is 0 Å². The van der Waals surface area contributed by atoms with Gasteiger partial charge in [-0.3, -0.25) is 0 Å². The molecule has 36 heavy (non-hydrogen) atoms. The van der Waals surface area contributed by atoms with Crippen molar-refractivity contribution in [1.29, 1.82) is 0 Å². The number of aromatic nitrogens is 2. The van der Waals surface area contributed by atoms with E-state index in [0.29, 0.717) is 17.8 Å². The summed E-state index contributed by atoms with van der Waals surface area (Å²) >= 11 is 0. The van der Waals surface area contributed by atoms with Crippen molar-refractivity contribution in [3.05, 3.63) is 12.1 Å². The maximum atomic E-state index is 5.60. The Labute approximate surface area is 228 Å². The Kier molecular flexibility index (Phi) is 11.0. The molecule has 0 bridgehead atoms. The van der Waals surface area contributed by atoms with Crippen molar-refractivity contribution >= 4 is 47.5 Å². The van der Waals surface area contributed by atoms with E-state index in [2.05, 4.69) is 15.1 Å². The maximum absolute atomic E-state index is 5.60. The van der Waals surface area contributed by atoms with Crippen molar-refractivity contribution < 1.29 is 9.47 Å². The lowest BCUT2D eigenvalue weighted by molar-refractivity contribution is 0.141. The molecule has 3 fully saturated rings. The molecular weight excluding hydrogens is 497 g/mol. The average Bonchev–Trinajstić information content (AvgIpc) is 3.17. The van der Waals surface area contributed by atoms with Crippen LogP contribution in [0.25, 0.3) is 10.9 Å². The fourth-order valence-electron chi connectivity index (χ4n) is 6.03. The zero-order valence-electron chi connectivity index (χ0n) is 21.8. The summed E-state index contributed by atoms with van der Waals surface area (Å²) in [6.45, 7) is 4.58. The van der Waals surface area contributed by atoms with Gasteiger partial charge in [0.15, 0.2) is 11.5 Å².